The molecule has 0 saturated heterocycles. The summed E-state index contributed by atoms with van der Waals surface area (Å²) in [5, 5.41) is 11.6. The first-order valence-electron chi connectivity index (χ1n) is 7.40. The molecule has 2 amide bonds. The number of aryl methyl sites for hydroxylation is 1. The third-order valence-electron chi connectivity index (χ3n) is 4.01. The van der Waals surface area contributed by atoms with Gasteiger partial charge in [0, 0.05) is 24.9 Å². The average molecular weight is 290 g/mol. The Labute approximate surface area is 125 Å². The summed E-state index contributed by atoms with van der Waals surface area (Å²) in [6.07, 6.45) is 1.94. The molecular weight excluding hydrogens is 268 g/mol. The maximum Gasteiger partial charge on any atom is 0.316 e. The molecule has 0 radical (unpaired) electrons. The molecule has 1 aromatic carbocycles. The summed E-state index contributed by atoms with van der Waals surface area (Å²) in [4.78, 5) is 26.0. The normalized spacial score (nSPS) is 14.7. The van der Waals surface area contributed by atoms with E-state index in [9.17, 15) is 9.59 Å². The number of fused-ring (bicyclic) bond motifs is 1. The van der Waals surface area contributed by atoms with Crippen molar-refractivity contribution in [3.8, 4) is 0 Å². The minimum Gasteiger partial charge on any atom is -0.396 e. The van der Waals surface area contributed by atoms with Gasteiger partial charge in [0.05, 0.1) is 0 Å². The van der Waals surface area contributed by atoms with Gasteiger partial charge in [-0.3, -0.25) is 9.59 Å². The summed E-state index contributed by atoms with van der Waals surface area (Å²) in [6.45, 7) is 4.47. The second-order valence-electron chi connectivity index (χ2n) is 5.37. The van der Waals surface area contributed by atoms with Gasteiger partial charge in [0.1, 0.15) is 0 Å². The molecule has 1 heterocycles. The second-order valence-corrected chi connectivity index (χ2v) is 5.37. The molecule has 0 aliphatic carbocycles. The van der Waals surface area contributed by atoms with Gasteiger partial charge in [-0.15, -0.1) is 0 Å². The van der Waals surface area contributed by atoms with Gasteiger partial charge >= 0.3 is 11.8 Å². The summed E-state index contributed by atoms with van der Waals surface area (Å²) in [6, 6.07) is 5.64. The number of benzene rings is 1. The lowest BCUT2D eigenvalue weighted by atomic mass is 10.1. The Kier molecular flexibility index (Phi) is 4.96. The highest BCUT2D eigenvalue weighted by Gasteiger charge is 2.30. The zero-order valence-corrected chi connectivity index (χ0v) is 12.6. The van der Waals surface area contributed by atoms with Crippen LogP contribution in [-0.2, 0) is 16.0 Å². The average Bonchev–Trinajstić information content (AvgIpc) is 2.91. The minimum atomic E-state index is -0.593. The lowest BCUT2D eigenvalue weighted by Gasteiger charge is -2.20. The number of amides is 2. The van der Waals surface area contributed by atoms with Crippen LogP contribution in [0.5, 0.6) is 0 Å². The molecule has 2 rings (SSSR count). The van der Waals surface area contributed by atoms with Crippen LogP contribution < -0.4 is 10.2 Å². The zero-order valence-electron chi connectivity index (χ0n) is 12.6. The van der Waals surface area contributed by atoms with Gasteiger partial charge in [0.15, 0.2) is 0 Å². The monoisotopic (exact) mass is 290 g/mol. The van der Waals surface area contributed by atoms with Crippen LogP contribution in [-0.4, -0.2) is 36.1 Å². The molecule has 1 unspecified atom stereocenters. The Balaban J connectivity index is 2.09. The van der Waals surface area contributed by atoms with Crippen molar-refractivity contribution in [2.24, 2.45) is 0 Å². The zero-order chi connectivity index (χ0) is 15.4. The quantitative estimate of drug-likeness (QED) is 0.818. The Morgan fingerprint density at radius 2 is 2.19 bits per heavy atom. The van der Waals surface area contributed by atoms with Crippen molar-refractivity contribution in [3.05, 3.63) is 29.3 Å². The predicted octanol–water partition coefficient (Wildman–Crippen LogP) is 1.16. The molecule has 0 aromatic heterocycles. The first kappa shape index (κ1) is 15.5. The summed E-state index contributed by atoms with van der Waals surface area (Å²) < 4.78 is 0. The third kappa shape index (κ3) is 3.24. The molecule has 0 bridgehead atoms. The van der Waals surface area contributed by atoms with Gasteiger partial charge in [-0.1, -0.05) is 19.1 Å². The molecule has 2 N–H and O–H groups in total. The van der Waals surface area contributed by atoms with E-state index in [2.05, 4.69) is 5.32 Å². The van der Waals surface area contributed by atoms with Crippen LogP contribution in [0.1, 0.15) is 30.9 Å². The molecular formula is C16H22N2O3. The third-order valence-corrected chi connectivity index (χ3v) is 4.01. The fourth-order valence-electron chi connectivity index (χ4n) is 2.72. The van der Waals surface area contributed by atoms with Crippen molar-refractivity contribution in [2.75, 3.05) is 18.1 Å². The van der Waals surface area contributed by atoms with Crippen LogP contribution in [0.2, 0.25) is 0 Å². The Morgan fingerprint density at radius 1 is 1.43 bits per heavy atom. The number of anilines is 1. The number of aliphatic hydroxyl groups excluding tert-OH is 1. The molecule has 114 valence electrons. The van der Waals surface area contributed by atoms with Gasteiger partial charge in [-0.2, -0.15) is 0 Å². The van der Waals surface area contributed by atoms with Gasteiger partial charge < -0.3 is 15.3 Å². The van der Waals surface area contributed by atoms with Gasteiger partial charge in [-0.25, -0.2) is 0 Å². The van der Waals surface area contributed by atoms with Crippen molar-refractivity contribution < 1.29 is 14.7 Å². The lowest BCUT2D eigenvalue weighted by Crippen LogP contribution is -2.46. The highest BCUT2D eigenvalue weighted by atomic mass is 16.3. The summed E-state index contributed by atoms with van der Waals surface area (Å²) >= 11 is 0. The first-order chi connectivity index (χ1) is 10.1. The van der Waals surface area contributed by atoms with Crippen molar-refractivity contribution in [3.63, 3.8) is 0 Å². The van der Waals surface area contributed by atoms with Crippen molar-refractivity contribution in [1.29, 1.82) is 0 Å². The van der Waals surface area contributed by atoms with Crippen LogP contribution in [0.25, 0.3) is 0 Å². The lowest BCUT2D eigenvalue weighted by molar-refractivity contribution is -0.138. The summed E-state index contributed by atoms with van der Waals surface area (Å²) in [5.41, 5.74) is 3.13. The molecule has 1 aliphatic rings. The van der Waals surface area contributed by atoms with Crippen molar-refractivity contribution in [1.82, 2.24) is 5.32 Å². The van der Waals surface area contributed by atoms with Crippen molar-refractivity contribution in [2.45, 2.75) is 39.2 Å². The number of hydrogen-bond donors (Lipinski definition) is 2. The fourth-order valence-corrected chi connectivity index (χ4v) is 2.72. The van der Waals surface area contributed by atoms with Crippen LogP contribution >= 0.6 is 0 Å². The largest absolute Gasteiger partial charge is 0.396 e. The van der Waals surface area contributed by atoms with E-state index in [1.807, 2.05) is 32.0 Å². The Hall–Kier alpha value is -1.88. The molecule has 1 atom stereocenters. The van der Waals surface area contributed by atoms with E-state index >= 15 is 0 Å². The molecule has 5 nitrogen and oxygen atoms in total. The fraction of sp³-hybridized carbons (Fsp3) is 0.500. The predicted molar refractivity (Wildman–Crippen MR) is 81.2 cm³/mol. The van der Waals surface area contributed by atoms with Crippen molar-refractivity contribution >= 4 is 17.5 Å². The van der Waals surface area contributed by atoms with E-state index in [1.54, 1.807) is 4.90 Å². The van der Waals surface area contributed by atoms with E-state index in [0.29, 0.717) is 19.4 Å². The molecule has 5 heteroatoms. The van der Waals surface area contributed by atoms with Gasteiger partial charge in [-0.05, 0) is 43.4 Å². The van der Waals surface area contributed by atoms with Gasteiger partial charge in [0.2, 0.25) is 0 Å². The SMILES string of the molecule is CCC(CCO)NC(=O)C(=O)N1CCc2c(C)cccc21. The molecule has 0 spiro atoms. The maximum absolute atomic E-state index is 12.3. The smallest absolute Gasteiger partial charge is 0.316 e. The van der Waals surface area contributed by atoms with Crippen LogP contribution in [0.4, 0.5) is 5.69 Å². The number of nitrogens with one attached hydrogen (secondary N) is 1. The summed E-state index contributed by atoms with van der Waals surface area (Å²) in [5.74, 6) is -1.11. The Bertz CT molecular complexity index is 542. The molecule has 21 heavy (non-hydrogen) atoms. The highest BCUT2D eigenvalue weighted by molar-refractivity contribution is 6.40. The number of rotatable bonds is 4. The Morgan fingerprint density at radius 3 is 2.86 bits per heavy atom. The number of hydrogen-bond acceptors (Lipinski definition) is 3. The molecule has 0 fully saturated rings. The van der Waals surface area contributed by atoms with E-state index in [1.165, 1.54) is 0 Å². The maximum atomic E-state index is 12.3. The molecule has 0 saturated carbocycles. The highest BCUT2D eigenvalue weighted by Crippen LogP contribution is 2.30. The van der Waals surface area contributed by atoms with E-state index in [4.69, 9.17) is 5.11 Å². The number of carbonyl (C=O) groups excluding carboxylic acids is 2. The summed E-state index contributed by atoms with van der Waals surface area (Å²) in [7, 11) is 0. The number of aliphatic hydroxyl groups is 1. The van der Waals surface area contributed by atoms with E-state index < -0.39 is 11.8 Å². The van der Waals surface area contributed by atoms with Gasteiger partial charge in [0.25, 0.3) is 0 Å². The van der Waals surface area contributed by atoms with Crippen LogP contribution in [0.3, 0.4) is 0 Å². The topological polar surface area (TPSA) is 69.6 Å². The first-order valence-corrected chi connectivity index (χ1v) is 7.40. The van der Waals surface area contributed by atoms with E-state index in [0.717, 1.165) is 23.2 Å². The standard InChI is InChI=1S/C16H22N2O3/c1-3-12(8-10-19)17-15(20)16(21)18-9-7-13-11(2)5-4-6-14(13)18/h4-6,12,19H,3,7-10H2,1-2H3,(H,17,20). The number of carbonyl (C=O) groups is 2. The number of nitrogens with zero attached hydrogens (tertiary/aromatic N) is 1. The molecule has 1 aliphatic heterocycles. The molecule has 1 aromatic rings. The van der Waals surface area contributed by atoms with E-state index in [-0.39, 0.29) is 12.6 Å². The second kappa shape index (κ2) is 6.72. The van der Waals surface area contributed by atoms with Crippen LogP contribution in [0, 0.1) is 6.92 Å². The minimum absolute atomic E-state index is 0.00127. The van der Waals surface area contributed by atoms with Crippen LogP contribution in [0.15, 0.2) is 18.2 Å².